The minimum Gasteiger partial charge on any atom is -0.494 e. The molecule has 0 bridgehead atoms. The van der Waals surface area contributed by atoms with E-state index in [1.54, 1.807) is 17.0 Å². The van der Waals surface area contributed by atoms with Crippen molar-refractivity contribution in [1.82, 2.24) is 4.98 Å². The van der Waals surface area contributed by atoms with Gasteiger partial charge in [0.1, 0.15) is 11.5 Å². The summed E-state index contributed by atoms with van der Waals surface area (Å²) in [6, 6.07) is 16.8. The highest BCUT2D eigenvalue weighted by Crippen LogP contribution is 2.28. The van der Waals surface area contributed by atoms with E-state index in [0.717, 1.165) is 23.6 Å². The Kier molecular flexibility index (Phi) is 6.44. The number of carbonyl (C=O) groups is 1. The zero-order valence-corrected chi connectivity index (χ0v) is 16.2. The highest BCUT2D eigenvalue weighted by atomic mass is 32.1. The maximum absolute atomic E-state index is 12.9. The molecule has 3 rings (SSSR count). The Labute approximate surface area is 163 Å². The summed E-state index contributed by atoms with van der Waals surface area (Å²) in [6.45, 7) is 4.57. The SMILES string of the molecule is CCCOc1ccc(OCC(=O)N(c2ccccc2)c2nc(C)cs2)cc1. The molecule has 0 aliphatic heterocycles. The van der Waals surface area contributed by atoms with Crippen LogP contribution < -0.4 is 14.4 Å². The van der Waals surface area contributed by atoms with E-state index in [4.69, 9.17) is 9.47 Å². The van der Waals surface area contributed by atoms with Crippen molar-refractivity contribution in [2.45, 2.75) is 20.3 Å². The molecule has 0 atom stereocenters. The van der Waals surface area contributed by atoms with Crippen LogP contribution in [-0.2, 0) is 4.79 Å². The number of anilines is 2. The molecule has 0 radical (unpaired) electrons. The van der Waals surface area contributed by atoms with Crippen molar-refractivity contribution in [2.75, 3.05) is 18.1 Å². The number of hydrogen-bond acceptors (Lipinski definition) is 5. The van der Waals surface area contributed by atoms with Crippen molar-refractivity contribution >= 4 is 28.1 Å². The fourth-order valence-corrected chi connectivity index (χ4v) is 3.28. The largest absolute Gasteiger partial charge is 0.494 e. The molecule has 3 aromatic rings. The highest BCUT2D eigenvalue weighted by Gasteiger charge is 2.21. The lowest BCUT2D eigenvalue weighted by Gasteiger charge is -2.20. The first-order valence-corrected chi connectivity index (χ1v) is 9.71. The molecule has 0 saturated heterocycles. The molecule has 2 aromatic carbocycles. The van der Waals surface area contributed by atoms with Crippen LogP contribution in [0.25, 0.3) is 0 Å². The molecule has 0 N–H and O–H groups in total. The van der Waals surface area contributed by atoms with Gasteiger partial charge in [-0.2, -0.15) is 0 Å². The third-order valence-electron chi connectivity index (χ3n) is 3.72. The molecule has 5 nitrogen and oxygen atoms in total. The van der Waals surface area contributed by atoms with Crippen LogP contribution in [0.2, 0.25) is 0 Å². The van der Waals surface area contributed by atoms with Gasteiger partial charge in [-0.1, -0.05) is 25.1 Å². The summed E-state index contributed by atoms with van der Waals surface area (Å²) in [6.07, 6.45) is 0.957. The number of nitrogens with zero attached hydrogens (tertiary/aromatic N) is 2. The number of thiazole rings is 1. The fraction of sp³-hybridized carbons (Fsp3) is 0.238. The van der Waals surface area contributed by atoms with Crippen molar-refractivity contribution < 1.29 is 14.3 Å². The molecule has 0 unspecified atom stereocenters. The molecule has 1 heterocycles. The van der Waals surface area contributed by atoms with E-state index in [0.29, 0.717) is 17.5 Å². The summed E-state index contributed by atoms with van der Waals surface area (Å²) in [5.74, 6) is 1.23. The predicted molar refractivity (Wildman–Crippen MR) is 108 cm³/mol. The number of para-hydroxylation sites is 1. The van der Waals surface area contributed by atoms with Gasteiger partial charge in [0.05, 0.1) is 18.0 Å². The Balaban J connectivity index is 1.70. The van der Waals surface area contributed by atoms with Gasteiger partial charge in [-0.15, -0.1) is 11.3 Å². The minimum absolute atomic E-state index is 0.0807. The molecule has 0 saturated carbocycles. The van der Waals surface area contributed by atoms with E-state index in [-0.39, 0.29) is 12.5 Å². The Morgan fingerprint density at radius 2 is 1.70 bits per heavy atom. The summed E-state index contributed by atoms with van der Waals surface area (Å²) >= 11 is 1.43. The first-order chi connectivity index (χ1) is 13.2. The third kappa shape index (κ3) is 5.08. The van der Waals surface area contributed by atoms with Crippen LogP contribution in [0, 0.1) is 6.92 Å². The Morgan fingerprint density at radius 1 is 1.04 bits per heavy atom. The molecule has 0 fully saturated rings. The van der Waals surface area contributed by atoms with Gasteiger partial charge >= 0.3 is 0 Å². The fourth-order valence-electron chi connectivity index (χ4n) is 2.44. The maximum Gasteiger partial charge on any atom is 0.271 e. The smallest absolute Gasteiger partial charge is 0.271 e. The normalized spacial score (nSPS) is 10.4. The van der Waals surface area contributed by atoms with Crippen molar-refractivity contribution in [3.8, 4) is 11.5 Å². The molecular weight excluding hydrogens is 360 g/mol. The molecule has 0 aliphatic carbocycles. The molecule has 0 aliphatic rings. The molecule has 27 heavy (non-hydrogen) atoms. The van der Waals surface area contributed by atoms with Crippen LogP contribution >= 0.6 is 11.3 Å². The summed E-state index contributed by atoms with van der Waals surface area (Å²) in [4.78, 5) is 18.9. The van der Waals surface area contributed by atoms with Gasteiger partial charge in [-0.25, -0.2) is 4.98 Å². The van der Waals surface area contributed by atoms with Gasteiger partial charge in [0, 0.05) is 5.38 Å². The second-order valence-corrected chi connectivity index (χ2v) is 6.78. The summed E-state index contributed by atoms with van der Waals surface area (Å²) < 4.78 is 11.2. The second-order valence-electron chi connectivity index (χ2n) is 5.94. The average molecular weight is 382 g/mol. The van der Waals surface area contributed by atoms with Crippen molar-refractivity contribution in [3.05, 3.63) is 65.7 Å². The molecular formula is C21H22N2O3S. The van der Waals surface area contributed by atoms with Crippen molar-refractivity contribution in [2.24, 2.45) is 0 Å². The topological polar surface area (TPSA) is 51.7 Å². The second kappa shape index (κ2) is 9.19. The lowest BCUT2D eigenvalue weighted by Crippen LogP contribution is -2.30. The number of benzene rings is 2. The van der Waals surface area contributed by atoms with Gasteiger partial charge < -0.3 is 9.47 Å². The van der Waals surface area contributed by atoms with Crippen molar-refractivity contribution in [1.29, 1.82) is 0 Å². The van der Waals surface area contributed by atoms with E-state index in [2.05, 4.69) is 11.9 Å². The maximum atomic E-state index is 12.9. The number of aryl methyl sites for hydroxylation is 1. The van der Waals surface area contributed by atoms with Crippen LogP contribution in [0.5, 0.6) is 11.5 Å². The van der Waals surface area contributed by atoms with E-state index < -0.39 is 0 Å². The van der Waals surface area contributed by atoms with Gasteiger partial charge in [0.15, 0.2) is 11.7 Å². The lowest BCUT2D eigenvalue weighted by molar-refractivity contribution is -0.119. The minimum atomic E-state index is -0.179. The van der Waals surface area contributed by atoms with E-state index in [1.807, 2.05) is 54.8 Å². The summed E-state index contributed by atoms with van der Waals surface area (Å²) in [5.41, 5.74) is 1.65. The van der Waals surface area contributed by atoms with E-state index >= 15 is 0 Å². The first-order valence-electron chi connectivity index (χ1n) is 8.83. The number of aromatic nitrogens is 1. The molecule has 6 heteroatoms. The Morgan fingerprint density at radius 3 is 2.30 bits per heavy atom. The number of ether oxygens (including phenoxy) is 2. The van der Waals surface area contributed by atoms with Crippen LogP contribution in [0.1, 0.15) is 19.0 Å². The molecule has 1 aromatic heterocycles. The molecule has 0 spiro atoms. The number of rotatable bonds is 8. The van der Waals surface area contributed by atoms with Gasteiger partial charge in [0.25, 0.3) is 5.91 Å². The Hall–Kier alpha value is -2.86. The quantitative estimate of drug-likeness (QED) is 0.551. The van der Waals surface area contributed by atoms with Gasteiger partial charge in [-0.3, -0.25) is 9.69 Å². The van der Waals surface area contributed by atoms with Crippen LogP contribution in [0.3, 0.4) is 0 Å². The summed E-state index contributed by atoms with van der Waals surface area (Å²) in [5, 5.41) is 2.56. The van der Waals surface area contributed by atoms with Crippen LogP contribution in [0.15, 0.2) is 60.0 Å². The number of carbonyl (C=O) groups excluding carboxylic acids is 1. The number of amides is 1. The van der Waals surface area contributed by atoms with Gasteiger partial charge in [-0.05, 0) is 49.7 Å². The monoisotopic (exact) mass is 382 g/mol. The zero-order chi connectivity index (χ0) is 19.1. The van der Waals surface area contributed by atoms with E-state index in [1.165, 1.54) is 11.3 Å². The highest BCUT2D eigenvalue weighted by molar-refractivity contribution is 7.14. The predicted octanol–water partition coefficient (Wildman–Crippen LogP) is 4.98. The van der Waals surface area contributed by atoms with E-state index in [9.17, 15) is 4.79 Å². The molecule has 140 valence electrons. The number of hydrogen-bond donors (Lipinski definition) is 0. The van der Waals surface area contributed by atoms with Gasteiger partial charge in [0.2, 0.25) is 0 Å². The van der Waals surface area contributed by atoms with Crippen LogP contribution in [-0.4, -0.2) is 24.1 Å². The van der Waals surface area contributed by atoms with Crippen molar-refractivity contribution in [3.63, 3.8) is 0 Å². The standard InChI is InChI=1S/C21H22N2O3S/c1-3-13-25-18-9-11-19(12-10-18)26-14-20(24)23(17-7-5-4-6-8-17)21-22-16(2)15-27-21/h4-12,15H,3,13-14H2,1-2H3. The molecule has 1 amide bonds. The van der Waals surface area contributed by atoms with Crippen LogP contribution in [0.4, 0.5) is 10.8 Å². The lowest BCUT2D eigenvalue weighted by atomic mass is 10.3. The summed E-state index contributed by atoms with van der Waals surface area (Å²) in [7, 11) is 0. The zero-order valence-electron chi connectivity index (χ0n) is 15.4. The third-order valence-corrected chi connectivity index (χ3v) is 4.66. The Bertz CT molecular complexity index is 863. The first kappa shape index (κ1) is 18.9. The average Bonchev–Trinajstić information content (AvgIpc) is 3.12.